The first-order valence-corrected chi connectivity index (χ1v) is 28.8. The Hall–Kier alpha value is -8.57. The Balaban J connectivity index is 1.47. The van der Waals surface area contributed by atoms with E-state index in [1.807, 2.05) is 6.07 Å². The van der Waals surface area contributed by atoms with Crippen molar-refractivity contribution in [3.05, 3.63) is 72.1 Å². The number of nitrogens with two attached hydrogens (primary N) is 2. The van der Waals surface area contributed by atoms with Gasteiger partial charge >= 0.3 is 11.9 Å². The molecule has 10 amide bonds. The maximum Gasteiger partial charge on any atom is 0.326 e. The Morgan fingerprint density at radius 2 is 1.01 bits per heavy atom. The Kier molecular flexibility index (Phi) is 27.0. The molecule has 4 aromatic rings. The molecule has 470 valence electrons. The van der Waals surface area contributed by atoms with Crippen LogP contribution >= 0.6 is 12.6 Å². The lowest BCUT2D eigenvalue weighted by molar-refractivity contribution is -0.142. The molecule has 0 spiro atoms. The quantitative estimate of drug-likeness (QED) is 0.0237. The van der Waals surface area contributed by atoms with Gasteiger partial charge < -0.3 is 84.6 Å². The fraction of sp³-hybridized carbons (Fsp3) is 0.509. The Labute approximate surface area is 501 Å². The Morgan fingerprint density at radius 1 is 0.547 bits per heavy atom. The number of aromatic nitrogens is 2. The number of nitrogens with one attached hydrogen (secondary N) is 11. The number of benzene rings is 2. The van der Waals surface area contributed by atoms with E-state index in [-0.39, 0.29) is 25.2 Å². The molecule has 86 heavy (non-hydrogen) atoms. The van der Waals surface area contributed by atoms with Crippen LogP contribution < -0.4 is 59.3 Å². The predicted octanol–water partition coefficient (Wildman–Crippen LogP) is -1.36. The topological polar surface area (TPSA) is 457 Å². The highest BCUT2D eigenvalue weighted by Crippen LogP contribution is 2.22. The smallest absolute Gasteiger partial charge is 0.326 e. The monoisotopic (exact) mass is 1220 g/mol. The maximum atomic E-state index is 14.2. The van der Waals surface area contributed by atoms with Crippen molar-refractivity contribution >= 4 is 105 Å². The van der Waals surface area contributed by atoms with Gasteiger partial charge in [0.05, 0.1) is 25.1 Å². The third-order valence-corrected chi connectivity index (χ3v) is 15.1. The highest BCUT2D eigenvalue weighted by atomic mass is 32.1. The zero-order valence-corrected chi connectivity index (χ0v) is 49.9. The van der Waals surface area contributed by atoms with Crippen LogP contribution in [0.15, 0.2) is 60.9 Å². The van der Waals surface area contributed by atoms with E-state index in [1.165, 1.54) is 0 Å². The van der Waals surface area contributed by atoms with Crippen molar-refractivity contribution in [1.82, 2.24) is 57.8 Å². The molecule has 0 saturated heterocycles. The third kappa shape index (κ3) is 20.3. The van der Waals surface area contributed by atoms with E-state index in [1.54, 1.807) is 96.4 Å². The molecule has 4 rings (SSSR count). The lowest BCUT2D eigenvalue weighted by Gasteiger charge is -2.29. The van der Waals surface area contributed by atoms with Crippen molar-refractivity contribution in [3.8, 4) is 0 Å². The van der Waals surface area contributed by atoms with E-state index >= 15 is 0 Å². The molecule has 0 unspecified atom stereocenters. The number of carboxylic acid groups (broad SMARTS) is 2. The number of aromatic amines is 2. The van der Waals surface area contributed by atoms with Gasteiger partial charge in [0, 0.05) is 59.2 Å². The number of H-pyrrole nitrogens is 2. The molecule has 28 nitrogen and oxygen atoms in total. The number of hydrogen-bond donors (Lipinski definition) is 17. The Bertz CT molecular complexity index is 3080. The van der Waals surface area contributed by atoms with Crippen LogP contribution in [0.1, 0.15) is 91.7 Å². The molecule has 2 heterocycles. The van der Waals surface area contributed by atoms with Gasteiger partial charge in [-0.25, -0.2) is 4.79 Å². The zero-order chi connectivity index (χ0) is 64.1. The summed E-state index contributed by atoms with van der Waals surface area (Å²) in [6.07, 6.45) is 0.313. The van der Waals surface area contributed by atoms with Gasteiger partial charge in [-0.3, -0.25) is 52.7 Å². The Morgan fingerprint density at radius 3 is 1.52 bits per heavy atom. The summed E-state index contributed by atoms with van der Waals surface area (Å²) in [7, 11) is 0. The fourth-order valence-electron chi connectivity index (χ4n) is 9.08. The number of rotatable bonds is 35. The molecular formula is C57H81N13O15S. The summed E-state index contributed by atoms with van der Waals surface area (Å²) in [5.74, 6) is -14.3. The van der Waals surface area contributed by atoms with Crippen molar-refractivity contribution in [3.63, 3.8) is 0 Å². The van der Waals surface area contributed by atoms with E-state index in [9.17, 15) is 72.9 Å². The number of primary amides is 1. The van der Waals surface area contributed by atoms with Gasteiger partial charge in [0.25, 0.3) is 0 Å². The van der Waals surface area contributed by atoms with Crippen LogP contribution in [0.25, 0.3) is 21.8 Å². The minimum Gasteiger partial charge on any atom is -0.481 e. The number of carbonyl (C=O) groups excluding carboxylic acids is 10. The van der Waals surface area contributed by atoms with E-state index in [0.29, 0.717) is 28.5 Å². The lowest BCUT2D eigenvalue weighted by atomic mass is 9.97. The zero-order valence-electron chi connectivity index (χ0n) is 49.0. The molecule has 0 saturated carbocycles. The highest BCUT2D eigenvalue weighted by Gasteiger charge is 2.37. The standard InChI is InChI=1S/C57H81N13O15S/c1-8-28(5)45(59)53(80)65-39(22-44(74)75)51(78)69-46(27(3)4)54(81)62-25-43(73)68-47(29(6)9-2)55(82)63-37(18-19-42(58)72)49(76)70-48(30(7)71)56(83)67-41(26-86)52(79)64-38(20-31-23-60-35-16-12-10-14-33(31)35)50(77)66-40(57(84)85)21-32-24-61-36-17-13-11-15-34(32)36/h10-17,23-24,27-30,37-41,45-48,60-61,71,86H,8-9,18-22,25-26,59H2,1-7H3,(H2,58,72)(H,62,81)(H,63,82)(H,64,79)(H,65,80)(H,66,77)(H,67,83)(H,68,73)(H,69,78)(H,70,76)(H,74,75)(H,84,85)/t28-,29-,30+,37-,38-,39-,40-,41-,45-,46-,47-,48-/m0/s1. The molecule has 2 aromatic heterocycles. The van der Waals surface area contributed by atoms with Crippen LogP contribution in [-0.4, -0.2) is 169 Å². The molecule has 29 heteroatoms. The van der Waals surface area contributed by atoms with Gasteiger partial charge in [-0.1, -0.05) is 90.8 Å². The molecule has 0 aliphatic rings. The van der Waals surface area contributed by atoms with E-state index in [2.05, 4.69) is 70.4 Å². The van der Waals surface area contributed by atoms with Crippen molar-refractivity contribution in [2.75, 3.05) is 12.3 Å². The van der Waals surface area contributed by atoms with Gasteiger partial charge in [-0.2, -0.15) is 12.6 Å². The molecular weight excluding hydrogens is 1140 g/mol. The molecule has 0 aliphatic heterocycles. The number of aliphatic carboxylic acids is 2. The second-order valence-electron chi connectivity index (χ2n) is 21.6. The van der Waals surface area contributed by atoms with Crippen LogP contribution in [0.5, 0.6) is 0 Å². The number of thiol groups is 1. The third-order valence-electron chi connectivity index (χ3n) is 14.7. The average Bonchev–Trinajstić information content (AvgIpc) is 4.32. The number of carbonyl (C=O) groups is 12. The normalized spacial score (nSPS) is 15.5. The summed E-state index contributed by atoms with van der Waals surface area (Å²) >= 11 is 4.27. The first kappa shape index (κ1) is 69.9. The van der Waals surface area contributed by atoms with Crippen LogP contribution in [-0.2, 0) is 70.4 Å². The lowest BCUT2D eigenvalue weighted by Crippen LogP contribution is -2.62. The minimum atomic E-state index is -1.85. The molecule has 0 radical (unpaired) electrons. The van der Waals surface area contributed by atoms with Gasteiger partial charge in [0.1, 0.15) is 48.3 Å². The summed E-state index contributed by atoms with van der Waals surface area (Å²) in [5.41, 5.74) is 14.0. The number of aliphatic hydroxyl groups excluding tert-OH is 1. The van der Waals surface area contributed by atoms with Crippen molar-refractivity contribution in [1.29, 1.82) is 0 Å². The van der Waals surface area contributed by atoms with Gasteiger partial charge in [-0.15, -0.1) is 0 Å². The largest absolute Gasteiger partial charge is 0.481 e. The fourth-order valence-corrected chi connectivity index (χ4v) is 9.34. The molecule has 12 atom stereocenters. The molecule has 0 fully saturated rings. The van der Waals surface area contributed by atoms with Gasteiger partial charge in [0.2, 0.25) is 59.1 Å². The number of aliphatic hydroxyl groups is 1. The molecule has 0 bridgehead atoms. The van der Waals surface area contributed by atoms with E-state index in [4.69, 9.17) is 11.5 Å². The summed E-state index contributed by atoms with van der Waals surface area (Å²) < 4.78 is 0. The van der Waals surface area contributed by atoms with Gasteiger partial charge in [0.15, 0.2) is 0 Å². The number of fused-ring (bicyclic) bond motifs is 2. The van der Waals surface area contributed by atoms with Gasteiger partial charge in [-0.05, 0) is 54.4 Å². The summed E-state index contributed by atoms with van der Waals surface area (Å²) in [6.45, 7) is 10.3. The first-order chi connectivity index (χ1) is 40.6. The number of hydrogen-bond acceptors (Lipinski definition) is 15. The van der Waals surface area contributed by atoms with E-state index in [0.717, 1.165) is 17.8 Å². The molecule has 2 aromatic carbocycles. The minimum absolute atomic E-state index is 0.128. The number of amides is 10. The second kappa shape index (κ2) is 33.2. The van der Waals surface area contributed by atoms with Crippen LogP contribution in [0.2, 0.25) is 0 Å². The first-order valence-electron chi connectivity index (χ1n) is 28.2. The van der Waals surface area contributed by atoms with Crippen LogP contribution in [0, 0.1) is 17.8 Å². The van der Waals surface area contributed by atoms with Crippen molar-refractivity contribution in [2.45, 2.75) is 154 Å². The number of carboxylic acids is 2. The predicted molar refractivity (Wildman–Crippen MR) is 318 cm³/mol. The summed E-state index contributed by atoms with van der Waals surface area (Å²) in [6, 6.07) is 0.939. The van der Waals surface area contributed by atoms with Crippen molar-refractivity contribution < 1.29 is 72.9 Å². The molecule has 0 aliphatic carbocycles. The molecule has 18 N–H and O–H groups in total. The van der Waals surface area contributed by atoms with Crippen molar-refractivity contribution in [2.24, 2.45) is 29.2 Å². The summed E-state index contributed by atoms with van der Waals surface area (Å²) in [5, 5.41) is 54.1. The van der Waals surface area contributed by atoms with E-state index < -0.39 is 175 Å². The second-order valence-corrected chi connectivity index (χ2v) is 21.9. The summed E-state index contributed by atoms with van der Waals surface area (Å²) in [4.78, 5) is 166. The SMILES string of the molecule is CC[C@H](C)[C@H](N)C(=O)N[C@@H](CC(=O)O)C(=O)N[C@H](C(=O)NCC(=O)N[C@H](C(=O)N[C@@H](CCC(N)=O)C(=O)N[C@H](C(=O)N[C@@H](CS)C(=O)N[C@@H](Cc1c[nH]c2ccccc12)C(=O)N[C@@H](Cc1c[nH]c2ccccc12)C(=O)O)[C@@H](C)O)[C@@H](C)CC)C(C)C. The average molecular weight is 1220 g/mol. The highest BCUT2D eigenvalue weighted by molar-refractivity contribution is 7.80. The maximum absolute atomic E-state index is 14.2. The van der Waals surface area contributed by atoms with Crippen LogP contribution in [0.3, 0.4) is 0 Å². The van der Waals surface area contributed by atoms with Crippen LogP contribution in [0.4, 0.5) is 0 Å². The number of para-hydroxylation sites is 2.